The molecular weight excluding hydrogens is 291 g/mol. The molecule has 0 spiro atoms. The first-order valence-corrected chi connectivity index (χ1v) is 7.91. The van der Waals surface area contributed by atoms with E-state index in [2.05, 4.69) is 0 Å². The second-order valence-electron chi connectivity index (χ2n) is 4.60. The zero-order valence-corrected chi connectivity index (χ0v) is 12.3. The lowest BCUT2D eigenvalue weighted by atomic mass is 10.2. The Morgan fingerprint density at radius 3 is 2.48 bits per heavy atom. The summed E-state index contributed by atoms with van der Waals surface area (Å²) in [4.78, 5) is 0.111. The fourth-order valence-electron chi connectivity index (χ4n) is 1.83. The van der Waals surface area contributed by atoms with Crippen molar-refractivity contribution in [3.8, 4) is 0 Å². The highest BCUT2D eigenvalue weighted by Crippen LogP contribution is 2.12. The van der Waals surface area contributed by atoms with Crippen molar-refractivity contribution in [2.24, 2.45) is 0 Å². The van der Waals surface area contributed by atoms with Crippen LogP contribution < -0.4 is 0 Å². The number of aliphatic hydroxyl groups is 1. The van der Waals surface area contributed by atoms with Crippen LogP contribution in [0.1, 0.15) is 5.56 Å². The zero-order valence-electron chi connectivity index (χ0n) is 11.4. The average molecular weight is 308 g/mol. The minimum atomic E-state index is -1.58. The summed E-state index contributed by atoms with van der Waals surface area (Å²) in [6.45, 7) is 0.444. The lowest BCUT2D eigenvalue weighted by molar-refractivity contribution is 0.0394. The van der Waals surface area contributed by atoms with Crippen LogP contribution in [0.3, 0.4) is 0 Å². The molecule has 2 aromatic rings. The molecule has 2 unspecified atom stereocenters. The maximum Gasteiger partial charge on any atom is 0.139 e. The molecule has 2 atom stereocenters. The molecule has 0 aromatic heterocycles. The van der Waals surface area contributed by atoms with Crippen LogP contribution in [-0.4, -0.2) is 27.8 Å². The van der Waals surface area contributed by atoms with E-state index in [-0.39, 0.29) is 17.3 Å². The Kier molecular flexibility index (Phi) is 6.04. The Bertz CT molecular complexity index is 589. The minimum Gasteiger partial charge on any atom is -0.390 e. The monoisotopic (exact) mass is 308 g/mol. The van der Waals surface area contributed by atoms with Crippen molar-refractivity contribution in [2.45, 2.75) is 17.6 Å². The van der Waals surface area contributed by atoms with Crippen molar-refractivity contribution in [1.82, 2.24) is 0 Å². The lowest BCUT2D eigenvalue weighted by Gasteiger charge is -2.11. The van der Waals surface area contributed by atoms with Crippen molar-refractivity contribution in [1.29, 1.82) is 0 Å². The topological polar surface area (TPSA) is 46.5 Å². The van der Waals surface area contributed by atoms with E-state index in [4.69, 9.17) is 4.74 Å². The second kappa shape index (κ2) is 8.02. The fraction of sp³-hybridized carbons (Fsp3) is 0.250. The zero-order chi connectivity index (χ0) is 15.1. The van der Waals surface area contributed by atoms with Crippen LogP contribution in [0.15, 0.2) is 59.5 Å². The van der Waals surface area contributed by atoms with Gasteiger partial charge in [-0.2, -0.15) is 0 Å². The van der Waals surface area contributed by atoms with Gasteiger partial charge in [0.25, 0.3) is 0 Å². The summed E-state index contributed by atoms with van der Waals surface area (Å²) < 4.78 is 30.8. The molecule has 0 saturated heterocycles. The summed E-state index contributed by atoms with van der Waals surface area (Å²) in [5.74, 6) is -0.566. The molecular formula is C16H17FO3S. The largest absolute Gasteiger partial charge is 0.390 e. The van der Waals surface area contributed by atoms with Gasteiger partial charge in [0, 0.05) is 0 Å². The highest BCUT2D eigenvalue weighted by molar-refractivity contribution is 7.85. The van der Waals surface area contributed by atoms with Gasteiger partial charge < -0.3 is 9.84 Å². The molecule has 0 heterocycles. The standard InChI is InChI=1S/C16H17FO3S/c17-15-8-4-5-9-16(15)21(19)12-14(18)11-20-10-13-6-2-1-3-7-13/h1-9,14,18H,10-12H2. The summed E-state index contributed by atoms with van der Waals surface area (Å²) >= 11 is 0. The maximum atomic E-state index is 13.5. The molecule has 0 aliphatic rings. The molecule has 0 aliphatic carbocycles. The van der Waals surface area contributed by atoms with Gasteiger partial charge in [0.2, 0.25) is 0 Å². The maximum absolute atomic E-state index is 13.5. The molecule has 0 amide bonds. The summed E-state index contributed by atoms with van der Waals surface area (Å²) in [6, 6.07) is 15.4. The van der Waals surface area contributed by atoms with E-state index >= 15 is 0 Å². The van der Waals surface area contributed by atoms with E-state index in [1.165, 1.54) is 18.2 Å². The third kappa shape index (κ3) is 5.04. The summed E-state index contributed by atoms with van der Waals surface area (Å²) in [5, 5.41) is 9.81. The van der Waals surface area contributed by atoms with Gasteiger partial charge in [-0.05, 0) is 17.7 Å². The molecule has 1 N–H and O–H groups in total. The van der Waals surface area contributed by atoms with E-state index in [1.54, 1.807) is 6.07 Å². The Hall–Kier alpha value is -1.56. The summed E-state index contributed by atoms with van der Waals surface area (Å²) in [5.41, 5.74) is 1.000. The van der Waals surface area contributed by atoms with E-state index in [1.807, 2.05) is 30.3 Å². The molecule has 5 heteroatoms. The van der Waals surface area contributed by atoms with Gasteiger partial charge in [0.05, 0.1) is 40.8 Å². The number of hydrogen-bond donors (Lipinski definition) is 1. The first-order chi connectivity index (χ1) is 10.2. The normalized spacial score (nSPS) is 13.8. The quantitative estimate of drug-likeness (QED) is 0.855. The van der Waals surface area contributed by atoms with Crippen molar-refractivity contribution in [2.75, 3.05) is 12.4 Å². The Morgan fingerprint density at radius 2 is 1.76 bits per heavy atom. The van der Waals surface area contributed by atoms with Gasteiger partial charge in [-0.15, -0.1) is 0 Å². The van der Waals surface area contributed by atoms with Crippen LogP contribution in [0.5, 0.6) is 0 Å². The van der Waals surface area contributed by atoms with Crippen LogP contribution in [0.4, 0.5) is 4.39 Å². The van der Waals surface area contributed by atoms with Gasteiger partial charge in [0.15, 0.2) is 0 Å². The smallest absolute Gasteiger partial charge is 0.139 e. The van der Waals surface area contributed by atoms with Crippen LogP contribution >= 0.6 is 0 Å². The summed E-state index contributed by atoms with van der Waals surface area (Å²) in [6.07, 6.45) is -0.894. The van der Waals surface area contributed by atoms with Gasteiger partial charge >= 0.3 is 0 Å². The third-order valence-electron chi connectivity index (χ3n) is 2.85. The first-order valence-electron chi connectivity index (χ1n) is 6.59. The Balaban J connectivity index is 1.78. The molecule has 112 valence electrons. The van der Waals surface area contributed by atoms with Crippen molar-refractivity contribution < 1.29 is 18.4 Å². The highest BCUT2D eigenvalue weighted by atomic mass is 32.2. The number of hydrogen-bond acceptors (Lipinski definition) is 3. The van der Waals surface area contributed by atoms with Gasteiger partial charge in [-0.1, -0.05) is 42.5 Å². The number of ether oxygens (including phenoxy) is 1. The SMILES string of the molecule is O=S(CC(O)COCc1ccccc1)c1ccccc1F. The van der Waals surface area contributed by atoms with Gasteiger partial charge in [0.1, 0.15) is 5.82 Å². The summed E-state index contributed by atoms with van der Waals surface area (Å²) in [7, 11) is -1.58. The molecule has 0 bridgehead atoms. The van der Waals surface area contributed by atoms with Crippen molar-refractivity contribution >= 4 is 10.8 Å². The molecule has 2 aromatic carbocycles. The number of aliphatic hydroxyl groups excluding tert-OH is 1. The van der Waals surface area contributed by atoms with Crippen LogP contribution in [0.25, 0.3) is 0 Å². The fourth-order valence-corrected chi connectivity index (χ4v) is 2.97. The molecule has 21 heavy (non-hydrogen) atoms. The molecule has 0 saturated carbocycles. The predicted molar refractivity (Wildman–Crippen MR) is 79.8 cm³/mol. The van der Waals surface area contributed by atoms with Crippen LogP contribution in [-0.2, 0) is 22.1 Å². The second-order valence-corrected chi connectivity index (χ2v) is 6.06. The Labute approximate surface area is 125 Å². The Morgan fingerprint density at radius 1 is 1.10 bits per heavy atom. The van der Waals surface area contributed by atoms with E-state index in [9.17, 15) is 13.7 Å². The van der Waals surface area contributed by atoms with Crippen molar-refractivity contribution in [3.63, 3.8) is 0 Å². The van der Waals surface area contributed by atoms with Crippen LogP contribution in [0, 0.1) is 5.82 Å². The minimum absolute atomic E-state index is 0.0459. The van der Waals surface area contributed by atoms with E-state index in [0.29, 0.717) is 6.61 Å². The van der Waals surface area contributed by atoms with E-state index < -0.39 is 22.7 Å². The molecule has 0 fully saturated rings. The van der Waals surface area contributed by atoms with Crippen molar-refractivity contribution in [3.05, 3.63) is 66.0 Å². The lowest BCUT2D eigenvalue weighted by Crippen LogP contribution is -2.23. The highest BCUT2D eigenvalue weighted by Gasteiger charge is 2.14. The van der Waals surface area contributed by atoms with Crippen LogP contribution in [0.2, 0.25) is 0 Å². The molecule has 2 rings (SSSR count). The van der Waals surface area contributed by atoms with E-state index in [0.717, 1.165) is 5.56 Å². The average Bonchev–Trinajstić information content (AvgIpc) is 2.48. The first kappa shape index (κ1) is 15.8. The number of rotatable bonds is 7. The van der Waals surface area contributed by atoms with Gasteiger partial charge in [-0.3, -0.25) is 4.21 Å². The number of benzene rings is 2. The molecule has 0 aliphatic heterocycles. The number of halogens is 1. The molecule has 0 radical (unpaired) electrons. The molecule has 3 nitrogen and oxygen atoms in total. The third-order valence-corrected chi connectivity index (χ3v) is 4.36. The predicted octanol–water partition coefficient (Wildman–Crippen LogP) is 2.51. The van der Waals surface area contributed by atoms with Gasteiger partial charge in [-0.25, -0.2) is 4.39 Å².